The van der Waals surface area contributed by atoms with Gasteiger partial charge in [-0.2, -0.15) is 0 Å². The molecule has 0 bridgehead atoms. The van der Waals surface area contributed by atoms with E-state index in [4.69, 9.17) is 5.73 Å². The van der Waals surface area contributed by atoms with Crippen LogP contribution in [0.5, 0.6) is 5.75 Å². The molecule has 0 aliphatic carbocycles. The fraction of sp³-hybridized carbons (Fsp3) is 0.188. The van der Waals surface area contributed by atoms with Gasteiger partial charge >= 0.3 is 0 Å². The minimum atomic E-state index is -0.434. The summed E-state index contributed by atoms with van der Waals surface area (Å²) in [6.45, 7) is 2.11. The van der Waals surface area contributed by atoms with Crippen molar-refractivity contribution in [3.05, 3.63) is 59.7 Å². The number of hydrogen-bond donors (Lipinski definition) is 3. The molecule has 4 nitrogen and oxygen atoms in total. The first-order valence-electron chi connectivity index (χ1n) is 6.47. The molecule has 0 saturated carbocycles. The lowest BCUT2D eigenvalue weighted by molar-refractivity contribution is -0.117. The minimum absolute atomic E-state index is 0.0489. The third-order valence-electron chi connectivity index (χ3n) is 3.16. The Morgan fingerprint density at radius 3 is 2.60 bits per heavy atom. The number of anilines is 1. The number of nitrogens with one attached hydrogen (secondary N) is 1. The van der Waals surface area contributed by atoms with Gasteiger partial charge in [0.25, 0.3) is 0 Å². The molecule has 1 amide bonds. The van der Waals surface area contributed by atoms with Crippen LogP contribution < -0.4 is 11.1 Å². The van der Waals surface area contributed by atoms with E-state index in [1.165, 1.54) is 0 Å². The molecule has 1 unspecified atom stereocenters. The molecule has 0 aliphatic rings. The molecule has 0 fully saturated rings. The number of carbonyl (C=O) groups is 1. The third-order valence-corrected chi connectivity index (χ3v) is 3.16. The molecule has 20 heavy (non-hydrogen) atoms. The van der Waals surface area contributed by atoms with E-state index in [0.717, 1.165) is 11.1 Å². The van der Waals surface area contributed by atoms with E-state index in [1.807, 2.05) is 37.3 Å². The summed E-state index contributed by atoms with van der Waals surface area (Å²) in [6.07, 6.45) is 0. The molecule has 2 rings (SSSR count). The van der Waals surface area contributed by atoms with Crippen LogP contribution in [-0.2, 0) is 4.79 Å². The smallest absolute Gasteiger partial charge is 0.233 e. The van der Waals surface area contributed by atoms with Crippen LogP contribution in [0, 0.1) is 6.92 Å². The number of phenols is 1. The molecule has 0 aliphatic heterocycles. The molecule has 1 atom stereocenters. The number of amides is 1. The number of phenolic OH excluding ortho intramolecular Hbond substituents is 1. The van der Waals surface area contributed by atoms with Crippen LogP contribution in [-0.4, -0.2) is 17.6 Å². The van der Waals surface area contributed by atoms with E-state index in [2.05, 4.69) is 5.32 Å². The van der Waals surface area contributed by atoms with E-state index in [0.29, 0.717) is 5.69 Å². The van der Waals surface area contributed by atoms with Gasteiger partial charge in [0.15, 0.2) is 0 Å². The Labute approximate surface area is 118 Å². The lowest BCUT2D eigenvalue weighted by Gasteiger charge is -2.16. The summed E-state index contributed by atoms with van der Waals surface area (Å²) in [4.78, 5) is 12.3. The molecule has 0 aromatic heterocycles. The normalized spacial score (nSPS) is 11.9. The monoisotopic (exact) mass is 270 g/mol. The topological polar surface area (TPSA) is 75.3 Å². The Morgan fingerprint density at radius 2 is 1.95 bits per heavy atom. The molecule has 2 aromatic carbocycles. The summed E-state index contributed by atoms with van der Waals surface area (Å²) in [5, 5.41) is 12.5. The first kappa shape index (κ1) is 14.1. The highest BCUT2D eigenvalue weighted by Crippen LogP contribution is 2.25. The van der Waals surface area contributed by atoms with Crippen molar-refractivity contribution in [2.24, 2.45) is 5.73 Å². The number of hydrogen-bond acceptors (Lipinski definition) is 3. The van der Waals surface area contributed by atoms with Gasteiger partial charge in [-0.05, 0) is 30.2 Å². The van der Waals surface area contributed by atoms with Gasteiger partial charge in [-0.15, -0.1) is 0 Å². The minimum Gasteiger partial charge on any atom is -0.506 e. The van der Waals surface area contributed by atoms with Crippen molar-refractivity contribution >= 4 is 11.6 Å². The highest BCUT2D eigenvalue weighted by atomic mass is 16.3. The summed E-state index contributed by atoms with van der Waals surface area (Å²) in [5.41, 5.74) is 7.93. The van der Waals surface area contributed by atoms with Crippen LogP contribution in [0.4, 0.5) is 5.69 Å². The molecule has 4 heteroatoms. The first-order valence-corrected chi connectivity index (χ1v) is 6.47. The Morgan fingerprint density at radius 1 is 1.25 bits per heavy atom. The summed E-state index contributed by atoms with van der Waals surface area (Å²) < 4.78 is 0. The zero-order valence-corrected chi connectivity index (χ0v) is 11.3. The van der Waals surface area contributed by atoms with E-state index in [1.54, 1.807) is 18.2 Å². The predicted molar refractivity (Wildman–Crippen MR) is 79.7 cm³/mol. The average Bonchev–Trinajstić information content (AvgIpc) is 2.45. The molecule has 104 valence electrons. The van der Waals surface area contributed by atoms with Gasteiger partial charge in [-0.25, -0.2) is 0 Å². The van der Waals surface area contributed by atoms with Gasteiger partial charge in [-0.1, -0.05) is 36.4 Å². The zero-order valence-electron chi connectivity index (χ0n) is 11.3. The number of nitrogens with two attached hydrogens (primary N) is 1. The molecule has 0 heterocycles. The summed E-state index contributed by atoms with van der Waals surface area (Å²) >= 11 is 0. The molecular weight excluding hydrogens is 252 g/mol. The number of benzene rings is 2. The third kappa shape index (κ3) is 3.16. The van der Waals surface area contributed by atoms with Gasteiger partial charge < -0.3 is 16.2 Å². The molecule has 2 aromatic rings. The lowest BCUT2D eigenvalue weighted by atomic mass is 9.98. The zero-order chi connectivity index (χ0) is 14.5. The Bertz CT molecular complexity index is 597. The number of aryl methyl sites for hydroxylation is 1. The maximum Gasteiger partial charge on any atom is 0.233 e. The SMILES string of the molecule is Cc1ccc(O)c(NC(=O)C(CN)c2ccccc2)c1. The average molecular weight is 270 g/mol. The molecule has 0 radical (unpaired) electrons. The maximum absolute atomic E-state index is 12.3. The van der Waals surface area contributed by atoms with Crippen molar-refractivity contribution in [2.45, 2.75) is 12.8 Å². The summed E-state index contributed by atoms with van der Waals surface area (Å²) in [6, 6.07) is 14.4. The standard InChI is InChI=1S/C16H18N2O2/c1-11-7-8-15(19)14(9-11)18-16(20)13(10-17)12-5-3-2-4-6-12/h2-9,13,19H,10,17H2,1H3,(H,18,20). The first-order chi connectivity index (χ1) is 9.61. The van der Waals surface area contributed by atoms with Crippen LogP contribution >= 0.6 is 0 Å². The van der Waals surface area contributed by atoms with Crippen molar-refractivity contribution < 1.29 is 9.90 Å². The fourth-order valence-electron chi connectivity index (χ4n) is 2.05. The van der Waals surface area contributed by atoms with Crippen molar-refractivity contribution in [2.75, 3.05) is 11.9 Å². The van der Waals surface area contributed by atoms with Gasteiger partial charge in [0.05, 0.1) is 11.6 Å². The molecular formula is C16H18N2O2. The second-order valence-electron chi connectivity index (χ2n) is 4.71. The Kier molecular flexibility index (Phi) is 4.38. The predicted octanol–water partition coefficient (Wildman–Crippen LogP) is 2.38. The Balaban J connectivity index is 2.20. The summed E-state index contributed by atoms with van der Waals surface area (Å²) in [5.74, 6) is -0.608. The second kappa shape index (κ2) is 6.21. The van der Waals surface area contributed by atoms with Crippen molar-refractivity contribution in [3.8, 4) is 5.75 Å². The number of carbonyl (C=O) groups excluding carboxylic acids is 1. The van der Waals surface area contributed by atoms with Gasteiger partial charge in [0, 0.05) is 6.54 Å². The Hall–Kier alpha value is -2.33. The van der Waals surface area contributed by atoms with Gasteiger partial charge in [0.1, 0.15) is 5.75 Å². The van der Waals surface area contributed by atoms with Crippen molar-refractivity contribution in [3.63, 3.8) is 0 Å². The molecule has 0 spiro atoms. The van der Waals surface area contributed by atoms with Crippen molar-refractivity contribution in [1.29, 1.82) is 0 Å². The lowest BCUT2D eigenvalue weighted by Crippen LogP contribution is -2.27. The maximum atomic E-state index is 12.3. The summed E-state index contributed by atoms with van der Waals surface area (Å²) in [7, 11) is 0. The van der Waals surface area contributed by atoms with E-state index in [-0.39, 0.29) is 18.2 Å². The van der Waals surface area contributed by atoms with Crippen LogP contribution in [0.1, 0.15) is 17.0 Å². The van der Waals surface area contributed by atoms with Crippen LogP contribution in [0.2, 0.25) is 0 Å². The van der Waals surface area contributed by atoms with E-state index < -0.39 is 5.92 Å². The number of rotatable bonds is 4. The molecule has 4 N–H and O–H groups in total. The highest BCUT2D eigenvalue weighted by Gasteiger charge is 2.19. The van der Waals surface area contributed by atoms with E-state index in [9.17, 15) is 9.90 Å². The fourth-order valence-corrected chi connectivity index (χ4v) is 2.05. The van der Waals surface area contributed by atoms with Crippen LogP contribution in [0.15, 0.2) is 48.5 Å². The number of aromatic hydroxyl groups is 1. The van der Waals surface area contributed by atoms with Crippen LogP contribution in [0.3, 0.4) is 0 Å². The van der Waals surface area contributed by atoms with Gasteiger partial charge in [0.2, 0.25) is 5.91 Å². The van der Waals surface area contributed by atoms with Gasteiger partial charge in [-0.3, -0.25) is 4.79 Å². The molecule has 0 saturated heterocycles. The highest BCUT2D eigenvalue weighted by molar-refractivity contribution is 5.97. The second-order valence-corrected chi connectivity index (χ2v) is 4.71. The van der Waals surface area contributed by atoms with Crippen LogP contribution in [0.25, 0.3) is 0 Å². The van der Waals surface area contributed by atoms with E-state index >= 15 is 0 Å². The largest absolute Gasteiger partial charge is 0.506 e. The quantitative estimate of drug-likeness (QED) is 0.747. The van der Waals surface area contributed by atoms with Crippen molar-refractivity contribution in [1.82, 2.24) is 0 Å².